The fourth-order valence-corrected chi connectivity index (χ4v) is 4.18. The Labute approximate surface area is 147 Å². The van der Waals surface area contributed by atoms with E-state index in [9.17, 15) is 4.79 Å². The van der Waals surface area contributed by atoms with E-state index in [0.29, 0.717) is 11.7 Å². The molecule has 0 aliphatic rings. The van der Waals surface area contributed by atoms with Gasteiger partial charge in [-0.15, -0.1) is 11.3 Å². The number of nitrogens with one attached hydrogen (secondary N) is 1. The molecule has 0 saturated carbocycles. The lowest BCUT2D eigenvalue weighted by Gasteiger charge is -2.22. The van der Waals surface area contributed by atoms with Crippen molar-refractivity contribution in [2.24, 2.45) is 0 Å². The van der Waals surface area contributed by atoms with E-state index >= 15 is 0 Å². The lowest BCUT2D eigenvalue weighted by molar-refractivity contribution is -0.120. The van der Waals surface area contributed by atoms with Crippen LogP contribution in [0.2, 0.25) is 4.34 Å². The van der Waals surface area contributed by atoms with Crippen molar-refractivity contribution in [2.75, 3.05) is 12.4 Å². The summed E-state index contributed by atoms with van der Waals surface area (Å²) < 4.78 is 1.83. The number of fused-ring (bicyclic) bond motifs is 1. The number of hydrogen-bond donors (Lipinski definition) is 1. The molecule has 4 nitrogen and oxygen atoms in total. The molecule has 0 fully saturated rings. The molecule has 1 unspecified atom stereocenters. The van der Waals surface area contributed by atoms with Gasteiger partial charge in [-0.25, -0.2) is 4.98 Å². The molecule has 2 heterocycles. The number of hydrogen-bond acceptors (Lipinski definition) is 5. The third-order valence-electron chi connectivity index (χ3n) is 3.60. The molecule has 0 aliphatic carbocycles. The van der Waals surface area contributed by atoms with Crippen molar-refractivity contribution in [3.05, 3.63) is 45.6 Å². The standard InChI is InChI=1S/C16H16ClN3OS2/c1-10(20(2)9-11-7-8-14(17)22-11)15(21)19-16-18-12-5-3-4-6-13(12)23-16/h3-8,10H,9H2,1-2H3,(H,18,19,21). The summed E-state index contributed by atoms with van der Waals surface area (Å²) in [7, 11) is 1.93. The first-order valence-electron chi connectivity index (χ1n) is 7.14. The smallest absolute Gasteiger partial charge is 0.243 e. The van der Waals surface area contributed by atoms with Crippen molar-refractivity contribution in [2.45, 2.75) is 19.5 Å². The summed E-state index contributed by atoms with van der Waals surface area (Å²) in [6, 6.07) is 11.5. The minimum Gasteiger partial charge on any atom is -0.301 e. The number of amides is 1. The SMILES string of the molecule is CC(C(=O)Nc1nc2ccccc2s1)N(C)Cc1ccc(Cl)s1. The number of carbonyl (C=O) groups excluding carboxylic acids is 1. The molecule has 0 saturated heterocycles. The number of aromatic nitrogens is 1. The van der Waals surface area contributed by atoms with Gasteiger partial charge in [0.15, 0.2) is 5.13 Å². The summed E-state index contributed by atoms with van der Waals surface area (Å²) in [6.45, 7) is 2.57. The number of likely N-dealkylation sites (N-methyl/N-ethyl adjacent to an activating group) is 1. The average Bonchev–Trinajstić information content (AvgIpc) is 3.11. The van der Waals surface area contributed by atoms with Gasteiger partial charge in [-0.1, -0.05) is 35.1 Å². The lowest BCUT2D eigenvalue weighted by atomic mass is 10.2. The Bertz CT molecular complexity index is 796. The molecular weight excluding hydrogens is 350 g/mol. The van der Waals surface area contributed by atoms with Crippen molar-refractivity contribution in [1.82, 2.24) is 9.88 Å². The number of carbonyl (C=O) groups is 1. The van der Waals surface area contributed by atoms with Crippen LogP contribution in [0, 0.1) is 0 Å². The van der Waals surface area contributed by atoms with Crippen molar-refractivity contribution in [1.29, 1.82) is 0 Å². The van der Waals surface area contributed by atoms with Crippen LogP contribution in [0.15, 0.2) is 36.4 Å². The van der Waals surface area contributed by atoms with Gasteiger partial charge >= 0.3 is 0 Å². The Hall–Kier alpha value is -1.47. The second-order valence-electron chi connectivity index (χ2n) is 5.27. The molecule has 0 aliphatic heterocycles. The Morgan fingerprint density at radius 2 is 2.09 bits per heavy atom. The minimum atomic E-state index is -0.261. The van der Waals surface area contributed by atoms with Gasteiger partial charge in [0.2, 0.25) is 5.91 Å². The number of rotatable bonds is 5. The van der Waals surface area contributed by atoms with Gasteiger partial charge in [0.05, 0.1) is 20.6 Å². The summed E-state index contributed by atoms with van der Waals surface area (Å²) >= 11 is 8.96. The Morgan fingerprint density at radius 1 is 1.30 bits per heavy atom. The molecule has 0 bridgehead atoms. The summed E-state index contributed by atoms with van der Waals surface area (Å²) in [5.74, 6) is -0.0609. The van der Waals surface area contributed by atoms with Crippen molar-refractivity contribution < 1.29 is 4.79 Å². The van der Waals surface area contributed by atoms with E-state index in [1.165, 1.54) is 22.7 Å². The van der Waals surface area contributed by atoms with Crippen LogP contribution in [0.5, 0.6) is 0 Å². The number of benzene rings is 1. The Kier molecular flexibility index (Phi) is 4.96. The zero-order valence-electron chi connectivity index (χ0n) is 12.7. The van der Waals surface area contributed by atoms with E-state index in [2.05, 4.69) is 10.3 Å². The fraction of sp³-hybridized carbons (Fsp3) is 0.250. The molecule has 1 atom stereocenters. The van der Waals surface area contributed by atoms with E-state index in [0.717, 1.165) is 19.4 Å². The van der Waals surface area contributed by atoms with Crippen LogP contribution in [0.4, 0.5) is 5.13 Å². The third-order valence-corrected chi connectivity index (χ3v) is 5.77. The molecule has 7 heteroatoms. The molecule has 1 N–H and O–H groups in total. The average molecular weight is 366 g/mol. The topological polar surface area (TPSA) is 45.2 Å². The Balaban J connectivity index is 1.64. The second-order valence-corrected chi connectivity index (χ2v) is 8.10. The molecule has 0 spiro atoms. The van der Waals surface area contributed by atoms with Gasteiger partial charge in [0.25, 0.3) is 0 Å². The number of halogens is 1. The fourth-order valence-electron chi connectivity index (χ4n) is 2.16. The predicted octanol–water partition coefficient (Wildman–Crippen LogP) is 4.47. The summed E-state index contributed by atoms with van der Waals surface area (Å²) in [5, 5.41) is 3.54. The first kappa shape index (κ1) is 16.4. The molecule has 120 valence electrons. The highest BCUT2D eigenvalue weighted by molar-refractivity contribution is 7.22. The third kappa shape index (κ3) is 3.90. The van der Waals surface area contributed by atoms with Crippen LogP contribution in [-0.4, -0.2) is 28.9 Å². The van der Waals surface area contributed by atoms with Crippen molar-refractivity contribution in [3.63, 3.8) is 0 Å². The van der Waals surface area contributed by atoms with Crippen LogP contribution in [0.1, 0.15) is 11.8 Å². The highest BCUT2D eigenvalue weighted by Gasteiger charge is 2.20. The maximum Gasteiger partial charge on any atom is 0.243 e. The van der Waals surface area contributed by atoms with E-state index in [1.54, 1.807) is 0 Å². The van der Waals surface area contributed by atoms with Crippen molar-refractivity contribution in [3.8, 4) is 0 Å². The number of anilines is 1. The van der Waals surface area contributed by atoms with E-state index in [-0.39, 0.29) is 11.9 Å². The minimum absolute atomic E-state index is 0.0609. The van der Waals surface area contributed by atoms with Gasteiger partial charge in [-0.3, -0.25) is 9.69 Å². The van der Waals surface area contributed by atoms with E-state index in [1.807, 2.05) is 55.3 Å². The van der Waals surface area contributed by atoms with Crippen LogP contribution in [0.25, 0.3) is 10.2 Å². The van der Waals surface area contributed by atoms with Gasteiger partial charge in [-0.2, -0.15) is 0 Å². The van der Waals surface area contributed by atoms with Crippen molar-refractivity contribution >= 4 is 55.5 Å². The van der Waals surface area contributed by atoms with E-state index < -0.39 is 0 Å². The number of para-hydroxylation sites is 1. The molecule has 2 aromatic heterocycles. The summed E-state index contributed by atoms with van der Waals surface area (Å²) in [6.07, 6.45) is 0. The number of nitrogens with zero attached hydrogens (tertiary/aromatic N) is 2. The van der Waals surface area contributed by atoms with Crippen LogP contribution < -0.4 is 5.32 Å². The van der Waals surface area contributed by atoms with Gasteiger partial charge in [0.1, 0.15) is 0 Å². The summed E-state index contributed by atoms with van der Waals surface area (Å²) in [5.41, 5.74) is 0.905. The summed E-state index contributed by atoms with van der Waals surface area (Å²) in [4.78, 5) is 20.0. The predicted molar refractivity (Wildman–Crippen MR) is 98.5 cm³/mol. The molecule has 3 aromatic rings. The van der Waals surface area contributed by atoms with Gasteiger partial charge < -0.3 is 5.32 Å². The molecule has 23 heavy (non-hydrogen) atoms. The normalized spacial score (nSPS) is 12.7. The van der Waals surface area contributed by atoms with Gasteiger partial charge in [0, 0.05) is 11.4 Å². The zero-order chi connectivity index (χ0) is 16.4. The second kappa shape index (κ2) is 6.97. The first-order chi connectivity index (χ1) is 11.0. The quantitative estimate of drug-likeness (QED) is 0.725. The molecule has 1 aromatic carbocycles. The highest BCUT2D eigenvalue weighted by atomic mass is 35.5. The lowest BCUT2D eigenvalue weighted by Crippen LogP contribution is -2.39. The zero-order valence-corrected chi connectivity index (χ0v) is 15.1. The number of thiazole rings is 1. The maximum atomic E-state index is 12.4. The van der Waals surface area contributed by atoms with E-state index in [4.69, 9.17) is 11.6 Å². The molecule has 1 amide bonds. The highest BCUT2D eigenvalue weighted by Crippen LogP contribution is 2.26. The molecule has 0 radical (unpaired) electrons. The van der Waals surface area contributed by atoms with Crippen LogP contribution >= 0.6 is 34.3 Å². The monoisotopic (exact) mass is 365 g/mol. The molecular formula is C16H16ClN3OS2. The van der Waals surface area contributed by atoms with Crippen LogP contribution in [0.3, 0.4) is 0 Å². The largest absolute Gasteiger partial charge is 0.301 e. The Morgan fingerprint density at radius 3 is 2.78 bits per heavy atom. The van der Waals surface area contributed by atoms with Gasteiger partial charge in [-0.05, 0) is 38.2 Å². The van der Waals surface area contributed by atoms with Crippen LogP contribution in [-0.2, 0) is 11.3 Å². The first-order valence-corrected chi connectivity index (χ1v) is 9.15. The number of thiophene rings is 1. The molecule has 3 rings (SSSR count). The maximum absolute atomic E-state index is 12.4.